The molecular weight excluding hydrogens is 320 g/mol. The lowest BCUT2D eigenvalue weighted by Gasteiger charge is -2.18. The van der Waals surface area contributed by atoms with Gasteiger partial charge in [-0.15, -0.1) is 0 Å². The van der Waals surface area contributed by atoms with Gasteiger partial charge in [0.05, 0.1) is 6.04 Å². The van der Waals surface area contributed by atoms with Gasteiger partial charge in [-0.3, -0.25) is 4.79 Å². The summed E-state index contributed by atoms with van der Waals surface area (Å²) < 4.78 is 1.49. The summed E-state index contributed by atoms with van der Waals surface area (Å²) in [5.74, 6) is -0.128. The molecule has 0 spiro atoms. The molecule has 0 aliphatic carbocycles. The van der Waals surface area contributed by atoms with Crippen molar-refractivity contribution in [2.24, 2.45) is 0 Å². The molecule has 0 radical (unpaired) electrons. The lowest BCUT2D eigenvalue weighted by molar-refractivity contribution is -0.122. The molecule has 1 amide bonds. The Bertz CT molecular complexity index is 726. The standard InChI is InChI=1S/C15H13ClN4OS/c16-13-3-1-11(2-4-13)15(12-5-6-22-8-12)19-14(21)7-20-10-17-9-18-20/h1-6,8-10,15H,7H2,(H,19,21). The van der Waals surface area contributed by atoms with Gasteiger partial charge >= 0.3 is 0 Å². The van der Waals surface area contributed by atoms with E-state index in [2.05, 4.69) is 15.4 Å². The van der Waals surface area contributed by atoms with Gasteiger partial charge in [0, 0.05) is 5.02 Å². The number of nitrogens with zero attached hydrogens (tertiary/aromatic N) is 3. The van der Waals surface area contributed by atoms with Crippen LogP contribution >= 0.6 is 22.9 Å². The van der Waals surface area contributed by atoms with Crippen LogP contribution in [0.5, 0.6) is 0 Å². The summed E-state index contributed by atoms with van der Waals surface area (Å²) in [5.41, 5.74) is 2.02. The summed E-state index contributed by atoms with van der Waals surface area (Å²) in [6, 6.07) is 9.26. The topological polar surface area (TPSA) is 59.8 Å². The second-order valence-electron chi connectivity index (χ2n) is 4.70. The van der Waals surface area contributed by atoms with Crippen LogP contribution in [0.1, 0.15) is 17.2 Å². The summed E-state index contributed by atoms with van der Waals surface area (Å²) in [4.78, 5) is 16.1. The molecule has 0 bridgehead atoms. The molecular formula is C15H13ClN4OS. The predicted molar refractivity (Wildman–Crippen MR) is 85.8 cm³/mol. The van der Waals surface area contributed by atoms with Gasteiger partial charge in [0.15, 0.2) is 0 Å². The largest absolute Gasteiger partial charge is 0.344 e. The Hall–Kier alpha value is -2.18. The van der Waals surface area contributed by atoms with Gasteiger partial charge in [0.2, 0.25) is 5.91 Å². The molecule has 2 aromatic heterocycles. The van der Waals surface area contributed by atoms with Crippen molar-refractivity contribution >= 4 is 28.8 Å². The number of benzene rings is 1. The van der Waals surface area contributed by atoms with Gasteiger partial charge in [-0.25, -0.2) is 9.67 Å². The summed E-state index contributed by atoms with van der Waals surface area (Å²) >= 11 is 7.53. The molecule has 22 heavy (non-hydrogen) atoms. The van der Waals surface area contributed by atoms with Gasteiger partial charge < -0.3 is 5.32 Å². The lowest BCUT2D eigenvalue weighted by atomic mass is 10.0. The van der Waals surface area contributed by atoms with Crippen molar-refractivity contribution in [2.45, 2.75) is 12.6 Å². The maximum Gasteiger partial charge on any atom is 0.242 e. The summed E-state index contributed by atoms with van der Waals surface area (Å²) in [5, 5.41) is 11.6. The first-order valence-corrected chi connectivity index (χ1v) is 7.94. The van der Waals surface area contributed by atoms with Gasteiger partial charge in [0.25, 0.3) is 0 Å². The van der Waals surface area contributed by atoms with Gasteiger partial charge in [-0.05, 0) is 40.1 Å². The Morgan fingerprint density at radius 2 is 2.09 bits per heavy atom. The number of carbonyl (C=O) groups is 1. The van der Waals surface area contributed by atoms with E-state index in [9.17, 15) is 4.79 Å². The van der Waals surface area contributed by atoms with Crippen LogP contribution in [0.4, 0.5) is 0 Å². The highest BCUT2D eigenvalue weighted by molar-refractivity contribution is 7.08. The van der Waals surface area contributed by atoms with E-state index in [1.54, 1.807) is 11.3 Å². The Labute approximate surface area is 136 Å². The number of rotatable bonds is 5. The average Bonchev–Trinajstić information content (AvgIpc) is 3.19. The van der Waals surface area contributed by atoms with E-state index in [1.807, 2.05) is 41.1 Å². The maximum atomic E-state index is 12.2. The van der Waals surface area contributed by atoms with Crippen LogP contribution in [0.25, 0.3) is 0 Å². The van der Waals surface area contributed by atoms with Crippen LogP contribution in [0.15, 0.2) is 53.7 Å². The van der Waals surface area contributed by atoms with Gasteiger partial charge in [0.1, 0.15) is 19.2 Å². The van der Waals surface area contributed by atoms with Gasteiger partial charge in [-0.1, -0.05) is 23.7 Å². The van der Waals surface area contributed by atoms with E-state index in [-0.39, 0.29) is 18.5 Å². The van der Waals surface area contributed by atoms with E-state index >= 15 is 0 Å². The second kappa shape index (κ2) is 6.72. The fourth-order valence-corrected chi connectivity index (χ4v) is 2.93. The third-order valence-electron chi connectivity index (χ3n) is 3.16. The second-order valence-corrected chi connectivity index (χ2v) is 5.92. The molecule has 0 fully saturated rings. The Balaban J connectivity index is 1.80. The molecule has 0 aliphatic rings. The van der Waals surface area contributed by atoms with Crippen molar-refractivity contribution in [2.75, 3.05) is 0 Å². The fourth-order valence-electron chi connectivity index (χ4n) is 2.12. The summed E-state index contributed by atoms with van der Waals surface area (Å²) in [6.45, 7) is 0.133. The normalized spacial score (nSPS) is 12.0. The number of aromatic nitrogens is 3. The molecule has 0 saturated carbocycles. The van der Waals surface area contributed by atoms with Crippen LogP contribution in [0.3, 0.4) is 0 Å². The van der Waals surface area contributed by atoms with Gasteiger partial charge in [-0.2, -0.15) is 16.4 Å². The number of nitrogens with one attached hydrogen (secondary N) is 1. The van der Waals surface area contributed by atoms with E-state index in [4.69, 9.17) is 11.6 Å². The number of hydrogen-bond donors (Lipinski definition) is 1. The van der Waals surface area contributed by atoms with Crippen LogP contribution in [-0.2, 0) is 11.3 Å². The molecule has 112 valence electrons. The lowest BCUT2D eigenvalue weighted by Crippen LogP contribution is -2.32. The SMILES string of the molecule is O=C(Cn1cncn1)NC(c1ccc(Cl)cc1)c1ccsc1. The average molecular weight is 333 g/mol. The highest BCUT2D eigenvalue weighted by Crippen LogP contribution is 2.25. The van der Waals surface area contributed by atoms with Crippen molar-refractivity contribution < 1.29 is 4.79 Å². The first-order chi connectivity index (χ1) is 10.7. The van der Waals surface area contributed by atoms with Crippen molar-refractivity contribution in [3.8, 4) is 0 Å². The minimum atomic E-state index is -0.209. The van der Waals surface area contributed by atoms with Crippen LogP contribution in [0.2, 0.25) is 5.02 Å². The quantitative estimate of drug-likeness (QED) is 0.781. The Morgan fingerprint density at radius 3 is 2.73 bits per heavy atom. The predicted octanol–water partition coefficient (Wildman–Crippen LogP) is 2.90. The van der Waals surface area contributed by atoms with Crippen molar-refractivity contribution in [3.05, 3.63) is 69.9 Å². The minimum Gasteiger partial charge on any atom is -0.344 e. The molecule has 3 rings (SSSR count). The molecule has 2 heterocycles. The zero-order chi connectivity index (χ0) is 15.4. The molecule has 1 aromatic carbocycles. The molecule has 1 N–H and O–H groups in total. The highest BCUT2D eigenvalue weighted by atomic mass is 35.5. The maximum absolute atomic E-state index is 12.2. The number of carbonyl (C=O) groups excluding carboxylic acids is 1. The number of amides is 1. The van der Waals surface area contributed by atoms with Crippen molar-refractivity contribution in [1.82, 2.24) is 20.1 Å². The van der Waals surface area contributed by atoms with Crippen LogP contribution in [-0.4, -0.2) is 20.7 Å². The molecule has 3 aromatic rings. The number of thiophene rings is 1. The minimum absolute atomic E-state index is 0.128. The fraction of sp³-hybridized carbons (Fsp3) is 0.133. The molecule has 5 nitrogen and oxygen atoms in total. The van der Waals surface area contributed by atoms with E-state index in [1.165, 1.54) is 17.3 Å². The monoisotopic (exact) mass is 332 g/mol. The Morgan fingerprint density at radius 1 is 1.27 bits per heavy atom. The third-order valence-corrected chi connectivity index (χ3v) is 4.11. The van der Waals surface area contributed by atoms with Crippen molar-refractivity contribution in [3.63, 3.8) is 0 Å². The van der Waals surface area contributed by atoms with E-state index in [0.29, 0.717) is 5.02 Å². The smallest absolute Gasteiger partial charge is 0.242 e. The van der Waals surface area contributed by atoms with Crippen LogP contribution < -0.4 is 5.32 Å². The highest BCUT2D eigenvalue weighted by Gasteiger charge is 2.17. The Kier molecular flexibility index (Phi) is 4.50. The third kappa shape index (κ3) is 3.52. The molecule has 1 unspecified atom stereocenters. The zero-order valence-electron chi connectivity index (χ0n) is 11.5. The summed E-state index contributed by atoms with van der Waals surface area (Å²) in [6.07, 6.45) is 2.92. The van der Waals surface area contributed by atoms with Crippen LogP contribution in [0, 0.1) is 0 Å². The van der Waals surface area contributed by atoms with E-state index < -0.39 is 0 Å². The summed E-state index contributed by atoms with van der Waals surface area (Å²) in [7, 11) is 0. The molecule has 0 aliphatic heterocycles. The molecule has 1 atom stereocenters. The number of hydrogen-bond acceptors (Lipinski definition) is 4. The number of halogens is 1. The zero-order valence-corrected chi connectivity index (χ0v) is 13.1. The van der Waals surface area contributed by atoms with E-state index in [0.717, 1.165) is 11.1 Å². The van der Waals surface area contributed by atoms with Crippen molar-refractivity contribution in [1.29, 1.82) is 0 Å². The first-order valence-electron chi connectivity index (χ1n) is 6.62. The molecule has 0 saturated heterocycles. The molecule has 7 heteroatoms. The first kappa shape index (κ1) is 14.7.